The molecule has 0 aromatic rings. The quantitative estimate of drug-likeness (QED) is 0.477. The van der Waals surface area contributed by atoms with Crippen LogP contribution in [-0.2, 0) is 4.74 Å². The van der Waals surface area contributed by atoms with E-state index in [1.54, 1.807) is 0 Å². The third kappa shape index (κ3) is 3.16. The van der Waals surface area contributed by atoms with Gasteiger partial charge in [0.15, 0.2) is 0 Å². The van der Waals surface area contributed by atoms with Gasteiger partial charge < -0.3 is 20.1 Å². The number of aliphatic hydroxyl groups excluding tert-OH is 2. The normalized spacial score (nSPS) is 57.1. The number of aliphatic hydroxyl groups is 3. The molecule has 0 spiro atoms. The van der Waals surface area contributed by atoms with Crippen LogP contribution in [0.3, 0.4) is 0 Å². The molecule has 5 rings (SSSR count). The highest BCUT2D eigenvalue weighted by Crippen LogP contribution is 2.76. The number of hydrogen-bond acceptors (Lipinski definition) is 4. The van der Waals surface area contributed by atoms with Gasteiger partial charge in [0, 0.05) is 0 Å². The van der Waals surface area contributed by atoms with E-state index in [-0.39, 0.29) is 51.5 Å². The Morgan fingerprint density at radius 3 is 2.03 bits per heavy atom. The first kappa shape index (κ1) is 25.5. The molecular formula is C30H52O4. The number of rotatable bonds is 2. The summed E-state index contributed by atoms with van der Waals surface area (Å²) in [6.07, 6.45) is 8.72. The zero-order chi connectivity index (χ0) is 25.1. The second-order valence-electron chi connectivity index (χ2n) is 15.4. The minimum absolute atomic E-state index is 0.0630. The van der Waals surface area contributed by atoms with E-state index >= 15 is 0 Å². The van der Waals surface area contributed by atoms with Gasteiger partial charge in [0.1, 0.15) is 0 Å². The van der Waals surface area contributed by atoms with Crippen molar-refractivity contribution in [2.45, 2.75) is 143 Å². The van der Waals surface area contributed by atoms with Gasteiger partial charge in [0.05, 0.1) is 29.5 Å². The molecule has 0 aromatic carbocycles. The van der Waals surface area contributed by atoms with Crippen LogP contribution in [0.25, 0.3) is 0 Å². The molecule has 1 saturated heterocycles. The molecule has 4 aliphatic carbocycles. The molecule has 196 valence electrons. The van der Waals surface area contributed by atoms with Crippen molar-refractivity contribution in [3.63, 3.8) is 0 Å². The Hall–Kier alpha value is -0.160. The van der Waals surface area contributed by atoms with Crippen molar-refractivity contribution in [3.05, 3.63) is 0 Å². The van der Waals surface area contributed by atoms with Crippen LogP contribution in [0.4, 0.5) is 0 Å². The zero-order valence-electron chi connectivity index (χ0n) is 23.2. The molecule has 34 heavy (non-hydrogen) atoms. The lowest BCUT2D eigenvalue weighted by atomic mass is 9.35. The molecule has 5 fully saturated rings. The van der Waals surface area contributed by atoms with Gasteiger partial charge in [-0.25, -0.2) is 0 Å². The van der Waals surface area contributed by atoms with Gasteiger partial charge in [0.2, 0.25) is 0 Å². The van der Waals surface area contributed by atoms with Crippen molar-refractivity contribution in [3.8, 4) is 0 Å². The maximum atomic E-state index is 11.9. The molecular weight excluding hydrogens is 424 g/mol. The molecule has 5 aliphatic rings. The van der Waals surface area contributed by atoms with E-state index in [0.717, 1.165) is 44.9 Å². The van der Waals surface area contributed by atoms with E-state index in [1.807, 2.05) is 13.8 Å². The van der Waals surface area contributed by atoms with Crippen LogP contribution < -0.4 is 0 Å². The topological polar surface area (TPSA) is 69.9 Å². The van der Waals surface area contributed by atoms with E-state index in [4.69, 9.17) is 4.74 Å². The second-order valence-corrected chi connectivity index (χ2v) is 15.4. The lowest BCUT2D eigenvalue weighted by Gasteiger charge is -2.70. The first-order valence-electron chi connectivity index (χ1n) is 14.3. The van der Waals surface area contributed by atoms with E-state index in [0.29, 0.717) is 17.8 Å². The molecule has 0 amide bonds. The summed E-state index contributed by atoms with van der Waals surface area (Å²) in [5.74, 6) is 1.59. The highest BCUT2D eigenvalue weighted by molar-refractivity contribution is 5.20. The number of hydrogen-bond donors (Lipinski definition) is 3. The van der Waals surface area contributed by atoms with Gasteiger partial charge in [0.25, 0.3) is 0 Å². The molecule has 0 bridgehead atoms. The van der Waals surface area contributed by atoms with Gasteiger partial charge >= 0.3 is 0 Å². The first-order chi connectivity index (χ1) is 15.5. The minimum Gasteiger partial charge on any atom is -0.393 e. The molecule has 4 nitrogen and oxygen atoms in total. The van der Waals surface area contributed by atoms with Crippen LogP contribution in [0.2, 0.25) is 0 Å². The fourth-order valence-electron chi connectivity index (χ4n) is 11.1. The molecule has 4 saturated carbocycles. The zero-order valence-corrected chi connectivity index (χ0v) is 23.2. The minimum atomic E-state index is -0.826. The molecule has 1 aliphatic heterocycles. The van der Waals surface area contributed by atoms with Crippen LogP contribution >= 0.6 is 0 Å². The highest BCUT2D eigenvalue weighted by Gasteiger charge is 2.71. The van der Waals surface area contributed by atoms with E-state index in [1.165, 1.54) is 12.8 Å². The summed E-state index contributed by atoms with van der Waals surface area (Å²) in [7, 11) is 0. The third-order valence-electron chi connectivity index (χ3n) is 13.3. The summed E-state index contributed by atoms with van der Waals surface area (Å²) in [5, 5.41) is 33.4. The third-order valence-corrected chi connectivity index (χ3v) is 13.3. The molecule has 10 unspecified atom stereocenters. The predicted molar refractivity (Wildman–Crippen MR) is 135 cm³/mol. The van der Waals surface area contributed by atoms with Gasteiger partial charge in [-0.1, -0.05) is 34.6 Å². The molecule has 3 N–H and O–H groups in total. The monoisotopic (exact) mass is 476 g/mol. The van der Waals surface area contributed by atoms with E-state index in [2.05, 4.69) is 41.5 Å². The first-order valence-corrected chi connectivity index (χ1v) is 14.3. The Bertz CT molecular complexity index is 817. The van der Waals surface area contributed by atoms with Crippen LogP contribution in [0.15, 0.2) is 0 Å². The van der Waals surface area contributed by atoms with E-state index < -0.39 is 5.60 Å². The Kier molecular flexibility index (Phi) is 5.59. The molecule has 11 atom stereocenters. The van der Waals surface area contributed by atoms with Gasteiger partial charge in [-0.2, -0.15) is 0 Å². The van der Waals surface area contributed by atoms with Crippen molar-refractivity contribution in [2.24, 2.45) is 45.3 Å². The van der Waals surface area contributed by atoms with Crippen LogP contribution in [-0.4, -0.2) is 44.8 Å². The van der Waals surface area contributed by atoms with Crippen LogP contribution in [0, 0.1) is 45.3 Å². The summed E-state index contributed by atoms with van der Waals surface area (Å²) >= 11 is 0. The smallest absolute Gasteiger partial charge is 0.0865 e. The Balaban J connectivity index is 1.48. The lowest BCUT2D eigenvalue weighted by Crippen LogP contribution is -2.66. The number of fused-ring (bicyclic) bond motifs is 5. The summed E-state index contributed by atoms with van der Waals surface area (Å²) in [4.78, 5) is 0. The van der Waals surface area contributed by atoms with Crippen molar-refractivity contribution in [1.82, 2.24) is 0 Å². The largest absolute Gasteiger partial charge is 0.393 e. The predicted octanol–water partition coefficient (Wildman–Crippen LogP) is 5.71. The van der Waals surface area contributed by atoms with Crippen LogP contribution in [0.1, 0.15) is 113 Å². The van der Waals surface area contributed by atoms with Crippen molar-refractivity contribution < 1.29 is 20.1 Å². The Morgan fingerprint density at radius 2 is 1.41 bits per heavy atom. The summed E-state index contributed by atoms with van der Waals surface area (Å²) in [6.45, 7) is 18.1. The van der Waals surface area contributed by atoms with Gasteiger partial charge in [-0.3, -0.25) is 0 Å². The summed E-state index contributed by atoms with van der Waals surface area (Å²) < 4.78 is 6.66. The molecule has 0 radical (unpaired) electrons. The summed E-state index contributed by atoms with van der Waals surface area (Å²) in [5.41, 5.74) is -0.703. The Labute approximate surface area is 208 Å². The molecule has 0 aromatic heterocycles. The van der Waals surface area contributed by atoms with Crippen molar-refractivity contribution in [2.75, 3.05) is 0 Å². The fourth-order valence-corrected chi connectivity index (χ4v) is 11.1. The maximum absolute atomic E-state index is 11.9. The van der Waals surface area contributed by atoms with Crippen molar-refractivity contribution >= 4 is 0 Å². The number of ether oxygens (including phenoxy) is 1. The standard InChI is InChI=1S/C30H52O4/c1-25(2)20-10-15-28(6)21(27(20,5)13-11-22(25)32)17-19(31)24-18(9-14-29(24,28)7)30(8)16-12-23(34-30)26(3,4)33/h18-24,31-33H,9-17H2,1-8H3/t18?,19?,20?,21?,22?,23-,24?,27?,28?,29?,30?/m1/s1. The van der Waals surface area contributed by atoms with Gasteiger partial charge in [-0.05, 0) is 124 Å². The maximum Gasteiger partial charge on any atom is 0.0865 e. The highest BCUT2D eigenvalue weighted by atomic mass is 16.5. The van der Waals surface area contributed by atoms with Crippen LogP contribution in [0.5, 0.6) is 0 Å². The average molecular weight is 477 g/mol. The van der Waals surface area contributed by atoms with E-state index in [9.17, 15) is 15.3 Å². The second kappa shape index (κ2) is 7.45. The lowest BCUT2D eigenvalue weighted by molar-refractivity contribution is -0.248. The fraction of sp³-hybridized carbons (Fsp3) is 1.00. The van der Waals surface area contributed by atoms with Crippen molar-refractivity contribution in [1.29, 1.82) is 0 Å². The molecule has 4 heteroatoms. The molecule has 1 heterocycles. The average Bonchev–Trinajstić information content (AvgIpc) is 3.30. The SMILES string of the molecule is CC1(C2CCC3(C)C2C(O)CC2C4(C)CCC(O)C(C)(C)C4CCC23C)CC[C@H](C(C)(C)O)O1. The summed E-state index contributed by atoms with van der Waals surface area (Å²) in [6, 6.07) is 0. The Morgan fingerprint density at radius 1 is 0.765 bits per heavy atom. The van der Waals surface area contributed by atoms with Gasteiger partial charge in [-0.15, -0.1) is 0 Å².